The van der Waals surface area contributed by atoms with Crippen LogP contribution in [0.25, 0.3) is 10.8 Å². The number of carbonyl (C=O) groups excluding carboxylic acids is 2. The third kappa shape index (κ3) is 8.72. The molecule has 0 radical (unpaired) electrons. The summed E-state index contributed by atoms with van der Waals surface area (Å²) in [5.41, 5.74) is -13.4. The Morgan fingerprint density at radius 2 is 0.730 bits per heavy atom. The zero-order valence-electron chi connectivity index (χ0n) is 35.6. The van der Waals surface area contributed by atoms with Gasteiger partial charge in [-0.1, -0.05) is 60.7 Å². The van der Waals surface area contributed by atoms with Crippen molar-refractivity contribution in [3.8, 4) is 5.75 Å². The van der Waals surface area contributed by atoms with E-state index in [1.807, 2.05) is 54.6 Å². The van der Waals surface area contributed by atoms with Gasteiger partial charge in [0.2, 0.25) is 12.3 Å². The number of fused-ring (bicyclic) bond motifs is 1. The molecule has 0 amide bonds. The average molecular weight is 1080 g/mol. The summed E-state index contributed by atoms with van der Waals surface area (Å²) in [5.74, 6) is -71.7. The number of halogens is 20. The lowest BCUT2D eigenvalue weighted by atomic mass is 9.12. The molecule has 0 aliphatic carbocycles. The molecule has 0 saturated heterocycles. The summed E-state index contributed by atoms with van der Waals surface area (Å²) in [5, 5.41) is 1.61. The molecule has 0 N–H and O–H groups in total. The number of esters is 1. The van der Waals surface area contributed by atoms with E-state index >= 15 is 35.1 Å². The second kappa shape index (κ2) is 20.5. The van der Waals surface area contributed by atoms with Crippen molar-refractivity contribution in [2.45, 2.75) is 11.4 Å². The summed E-state index contributed by atoms with van der Waals surface area (Å²) in [6, 6.07) is 25.5. The largest absolute Gasteiger partial charge is 0.417 e. The number of Topliss-reactive ketones (excluding diaryl/α,β-unsaturated/α-hetero) is 1. The Labute approximate surface area is 405 Å². The third-order valence-corrected chi connectivity index (χ3v) is 11.7. The molecule has 8 rings (SSSR count). The van der Waals surface area contributed by atoms with Crippen LogP contribution in [0.1, 0.15) is 20.8 Å². The molecular weight excluding hydrogens is 1060 g/mol. The number of aromatic nitrogens is 1. The van der Waals surface area contributed by atoms with Crippen molar-refractivity contribution in [3.05, 3.63) is 219 Å². The maximum Gasteiger partial charge on any atom is 0.409 e. The van der Waals surface area contributed by atoms with Gasteiger partial charge >= 0.3 is 5.97 Å². The number of carbonyl (C=O) groups is 2. The van der Waals surface area contributed by atoms with Crippen molar-refractivity contribution in [1.29, 1.82) is 0 Å². The van der Waals surface area contributed by atoms with Gasteiger partial charge in [-0.3, -0.25) is 4.79 Å². The van der Waals surface area contributed by atoms with Crippen LogP contribution in [0.15, 0.2) is 96.0 Å². The number of hydrogen-bond acceptors (Lipinski definition) is 4. The predicted octanol–water partition coefficient (Wildman–Crippen LogP) is 10.4. The van der Waals surface area contributed by atoms with Gasteiger partial charge in [0, 0.05) is 16.5 Å². The molecule has 0 aliphatic heterocycles. The van der Waals surface area contributed by atoms with Gasteiger partial charge in [-0.05, 0) is 23.6 Å². The first-order valence-electron chi connectivity index (χ1n) is 20.1. The number of pyridine rings is 1. The molecule has 4 nitrogen and oxygen atoms in total. The Hall–Kier alpha value is -7.90. The lowest BCUT2D eigenvalue weighted by Crippen LogP contribution is -2.81. The fourth-order valence-corrected chi connectivity index (χ4v) is 8.26. The van der Waals surface area contributed by atoms with Gasteiger partial charge in [-0.15, -0.1) is 34.5 Å². The Kier molecular flexibility index (Phi) is 15.0. The minimum atomic E-state index is -7.22. The Morgan fingerprint density at radius 3 is 1.11 bits per heavy atom. The summed E-state index contributed by atoms with van der Waals surface area (Å²) < 4.78 is 301. The summed E-state index contributed by atoms with van der Waals surface area (Å²) >= 11 is 4.35. The number of benzene rings is 7. The quantitative estimate of drug-likeness (QED) is 0.0180. The highest BCUT2D eigenvalue weighted by atomic mass is 32.1. The number of thiol groups is 1. The highest BCUT2D eigenvalue weighted by Gasteiger charge is 2.52. The lowest BCUT2D eigenvalue weighted by molar-refractivity contribution is -0.684. The van der Waals surface area contributed by atoms with E-state index in [4.69, 9.17) is 4.74 Å². The monoisotopic (exact) mass is 1080 g/mol. The van der Waals surface area contributed by atoms with Gasteiger partial charge in [-0.2, -0.15) is 4.57 Å². The van der Waals surface area contributed by atoms with E-state index in [1.165, 1.54) is 0 Å². The fourth-order valence-electron chi connectivity index (χ4n) is 8.05. The minimum absolute atomic E-state index is 0.0296. The highest BCUT2D eigenvalue weighted by Crippen LogP contribution is 2.31. The van der Waals surface area contributed by atoms with Crippen molar-refractivity contribution < 1.29 is 107 Å². The molecule has 0 atom stereocenters. The van der Waals surface area contributed by atoms with Gasteiger partial charge in [0.15, 0.2) is 76.0 Å². The number of hydrogen-bond donors (Lipinski definition) is 1. The normalized spacial score (nSPS) is 11.5. The van der Waals surface area contributed by atoms with Crippen LogP contribution in [0, 0.1) is 116 Å². The minimum Gasteiger partial charge on any atom is -0.417 e. The maximum absolute atomic E-state index is 15.4. The number of para-hydroxylation sites is 1. The molecule has 382 valence electrons. The molecule has 0 bridgehead atoms. The van der Waals surface area contributed by atoms with Gasteiger partial charge in [0.05, 0.1) is 5.39 Å². The third-order valence-electron chi connectivity index (χ3n) is 11.3. The van der Waals surface area contributed by atoms with E-state index < -0.39 is 150 Å². The van der Waals surface area contributed by atoms with Crippen molar-refractivity contribution in [1.82, 2.24) is 0 Å². The van der Waals surface area contributed by atoms with Crippen molar-refractivity contribution >= 4 is 63.2 Å². The van der Waals surface area contributed by atoms with E-state index in [9.17, 15) is 62.3 Å². The predicted molar refractivity (Wildman–Crippen MR) is 223 cm³/mol. The van der Waals surface area contributed by atoms with Crippen molar-refractivity contribution in [2.24, 2.45) is 0 Å². The van der Waals surface area contributed by atoms with Crippen LogP contribution >= 0.6 is 12.6 Å². The average Bonchev–Trinajstić information content (AvgIpc) is 3.39. The lowest BCUT2D eigenvalue weighted by Gasteiger charge is -2.44. The van der Waals surface area contributed by atoms with Crippen LogP contribution in [-0.4, -0.2) is 17.9 Å². The second-order valence-corrected chi connectivity index (χ2v) is 15.8. The van der Waals surface area contributed by atoms with Crippen LogP contribution < -0.4 is 31.2 Å². The SMILES string of the molecule is Fc1c(F)c(F)c([B-](c2c(F)c(F)c(F)c(F)c2F)(c2c(F)c(F)c(F)c(F)c2F)c2c(F)c(F)c(F)c(F)c2F)c(F)c1F.O=C(C[n+]1ccc2ccccc2c1C(=O)Oc1ccccc1S)c1ccccc1. The number of rotatable bonds is 9. The molecule has 8 aromatic rings. The van der Waals surface area contributed by atoms with Crippen LogP contribution in [0.3, 0.4) is 0 Å². The number of ketones is 1. The van der Waals surface area contributed by atoms with Crippen LogP contribution in [0.4, 0.5) is 87.8 Å². The molecule has 26 heteroatoms. The molecule has 0 spiro atoms. The van der Waals surface area contributed by atoms with E-state index in [0.29, 0.717) is 21.9 Å². The Morgan fingerprint density at radius 1 is 0.405 bits per heavy atom. The van der Waals surface area contributed by atoms with Crippen molar-refractivity contribution in [2.75, 3.05) is 0 Å². The molecule has 0 fully saturated rings. The zero-order chi connectivity index (χ0) is 54.6. The summed E-state index contributed by atoms with van der Waals surface area (Å²) in [7, 11) is 0. The van der Waals surface area contributed by atoms with Crippen LogP contribution in [-0.2, 0) is 6.54 Å². The molecular formula is C48H18BF20NO3S. The number of ether oxygens (including phenoxy) is 1. The zero-order valence-corrected chi connectivity index (χ0v) is 36.5. The molecule has 1 heterocycles. The van der Waals surface area contributed by atoms with E-state index in [0.717, 1.165) is 10.8 Å². The fraction of sp³-hybridized carbons (Fsp3) is 0.0208. The molecule has 0 unspecified atom stereocenters. The summed E-state index contributed by atoms with van der Waals surface area (Å²) in [6.45, 7) is 0.0296. The standard InChI is InChI=1S/C24BF20.C24H17NO3S/c26-5-1(6(27)14(35)21(42)13(5)34)25(2-7(28)15(36)22(43)16(37)8(2)29,3-9(30)17(38)23(44)18(39)10(3)31)4-11(32)19(40)24(45)20(41)12(4)33;26-20(18-9-2-1-3-10-18)16-25-15-14-17-8-4-5-11-19(17)23(25)24(27)28-21-12-6-7-13-22(21)29/h;1-15H,16H2/q-1;/p+1. The first kappa shape index (κ1) is 53.9. The van der Waals surface area contributed by atoms with E-state index in [-0.39, 0.29) is 12.3 Å². The van der Waals surface area contributed by atoms with Crippen molar-refractivity contribution in [3.63, 3.8) is 0 Å². The smallest absolute Gasteiger partial charge is 0.409 e. The summed E-state index contributed by atoms with van der Waals surface area (Å²) in [6.07, 6.45) is -5.47. The van der Waals surface area contributed by atoms with Gasteiger partial charge in [0.1, 0.15) is 58.4 Å². The summed E-state index contributed by atoms with van der Waals surface area (Å²) in [4.78, 5) is 26.4. The molecule has 1 aromatic heterocycles. The van der Waals surface area contributed by atoms with Gasteiger partial charge in [-0.25, -0.2) is 92.6 Å². The molecule has 74 heavy (non-hydrogen) atoms. The Balaban J connectivity index is 0.000000237. The first-order valence-corrected chi connectivity index (χ1v) is 20.5. The topological polar surface area (TPSA) is 47.2 Å². The Bertz CT molecular complexity index is 3260. The van der Waals surface area contributed by atoms with Gasteiger partial charge in [0.25, 0.3) is 5.69 Å². The second-order valence-electron chi connectivity index (χ2n) is 15.3. The molecule has 7 aromatic carbocycles. The molecule has 0 saturated carbocycles. The van der Waals surface area contributed by atoms with E-state index in [2.05, 4.69) is 12.6 Å². The van der Waals surface area contributed by atoms with Gasteiger partial charge < -0.3 is 4.74 Å². The molecule has 0 aliphatic rings. The first-order chi connectivity index (χ1) is 34.8. The van der Waals surface area contributed by atoms with Crippen LogP contribution in [0.2, 0.25) is 0 Å². The highest BCUT2D eigenvalue weighted by molar-refractivity contribution is 7.80. The van der Waals surface area contributed by atoms with Crippen LogP contribution in [0.5, 0.6) is 5.75 Å². The number of nitrogens with zero attached hydrogens (tertiary/aromatic N) is 1. The maximum atomic E-state index is 15.4. The van der Waals surface area contributed by atoms with E-state index in [1.54, 1.807) is 41.1 Å².